The maximum absolute atomic E-state index is 3.71. The van der Waals surface area contributed by atoms with Gasteiger partial charge in [-0.1, -0.05) is 31.2 Å². The van der Waals surface area contributed by atoms with Crippen LogP contribution >= 0.6 is 11.8 Å². The van der Waals surface area contributed by atoms with E-state index in [1.54, 1.807) is 5.56 Å². The molecule has 0 spiro atoms. The summed E-state index contributed by atoms with van der Waals surface area (Å²) in [6.45, 7) is 2.27. The van der Waals surface area contributed by atoms with E-state index in [9.17, 15) is 0 Å². The molecule has 16 heavy (non-hydrogen) atoms. The number of hydrogen-bond acceptors (Lipinski definition) is 2. The third-order valence-electron chi connectivity index (χ3n) is 3.61. The van der Waals surface area contributed by atoms with Crippen LogP contribution in [0, 0.1) is 0 Å². The molecule has 1 aliphatic heterocycles. The lowest BCUT2D eigenvalue weighted by Crippen LogP contribution is -2.24. The third-order valence-corrected chi connectivity index (χ3v) is 4.94. The predicted molar refractivity (Wildman–Crippen MR) is 70.8 cm³/mol. The molecule has 1 saturated heterocycles. The maximum atomic E-state index is 3.71. The summed E-state index contributed by atoms with van der Waals surface area (Å²) in [5.41, 5.74) is 3.03. The van der Waals surface area contributed by atoms with E-state index in [2.05, 4.69) is 48.3 Å². The van der Waals surface area contributed by atoms with E-state index in [1.807, 2.05) is 0 Å². The first-order valence-corrected chi connectivity index (χ1v) is 7.39. The van der Waals surface area contributed by atoms with Crippen LogP contribution in [0.25, 0.3) is 0 Å². The minimum atomic E-state index is 0.531. The lowest BCUT2D eigenvalue weighted by atomic mass is 10.1. The van der Waals surface area contributed by atoms with Gasteiger partial charge >= 0.3 is 0 Å². The summed E-state index contributed by atoms with van der Waals surface area (Å²) < 4.78 is 0. The zero-order valence-electron chi connectivity index (χ0n) is 9.78. The highest BCUT2D eigenvalue weighted by Gasteiger charge is 2.27. The Labute approximate surface area is 102 Å². The van der Waals surface area contributed by atoms with E-state index in [0.717, 1.165) is 5.92 Å². The minimum absolute atomic E-state index is 0.531. The van der Waals surface area contributed by atoms with Gasteiger partial charge in [0, 0.05) is 11.8 Å². The molecule has 0 radical (unpaired) electrons. The molecule has 2 unspecified atom stereocenters. The van der Waals surface area contributed by atoms with Gasteiger partial charge in [-0.15, -0.1) is 11.8 Å². The lowest BCUT2D eigenvalue weighted by molar-refractivity contribution is 0.561. The Kier molecular flexibility index (Phi) is 2.95. The molecule has 1 nitrogen and oxygen atoms in total. The first-order valence-electron chi connectivity index (χ1n) is 6.34. The predicted octanol–water partition coefficient (Wildman–Crippen LogP) is 3.68. The van der Waals surface area contributed by atoms with Crippen LogP contribution in [-0.2, 0) is 0 Å². The van der Waals surface area contributed by atoms with Crippen molar-refractivity contribution in [3.05, 3.63) is 35.4 Å². The Bertz CT molecular complexity index is 373. The second-order valence-corrected chi connectivity index (χ2v) is 6.07. The smallest absolute Gasteiger partial charge is 0.0792 e. The van der Waals surface area contributed by atoms with E-state index in [-0.39, 0.29) is 0 Å². The van der Waals surface area contributed by atoms with Crippen molar-refractivity contribution in [1.82, 2.24) is 5.32 Å². The van der Waals surface area contributed by atoms with E-state index < -0.39 is 0 Å². The minimum Gasteiger partial charge on any atom is -0.298 e. The van der Waals surface area contributed by atoms with Crippen LogP contribution in [0.5, 0.6) is 0 Å². The molecule has 0 amide bonds. The lowest BCUT2D eigenvalue weighted by Gasteiger charge is -2.13. The molecule has 1 heterocycles. The molecule has 1 aromatic rings. The van der Waals surface area contributed by atoms with Crippen molar-refractivity contribution in [1.29, 1.82) is 0 Å². The Balaban J connectivity index is 1.76. The Morgan fingerprint density at radius 3 is 2.81 bits per heavy atom. The van der Waals surface area contributed by atoms with Crippen molar-refractivity contribution >= 4 is 11.8 Å². The molecule has 0 bridgehead atoms. The molecule has 2 atom stereocenters. The van der Waals surface area contributed by atoms with Crippen molar-refractivity contribution in [3.63, 3.8) is 0 Å². The van der Waals surface area contributed by atoms with Gasteiger partial charge in [0.15, 0.2) is 0 Å². The fourth-order valence-electron chi connectivity index (χ4n) is 2.34. The number of benzene rings is 1. The molecule has 1 N–H and O–H groups in total. The number of nitrogens with one attached hydrogen (secondary N) is 1. The van der Waals surface area contributed by atoms with Gasteiger partial charge in [-0.2, -0.15) is 0 Å². The topological polar surface area (TPSA) is 12.0 Å². The highest BCUT2D eigenvalue weighted by Crippen LogP contribution is 2.42. The fraction of sp³-hybridized carbons (Fsp3) is 0.571. The zero-order chi connectivity index (χ0) is 11.0. The van der Waals surface area contributed by atoms with Crippen LogP contribution in [0.3, 0.4) is 0 Å². The molecule has 0 aromatic heterocycles. The van der Waals surface area contributed by atoms with Gasteiger partial charge in [-0.05, 0) is 36.3 Å². The van der Waals surface area contributed by atoms with Crippen molar-refractivity contribution in [2.45, 2.75) is 43.5 Å². The molecular weight excluding hydrogens is 214 g/mol. The first-order chi connectivity index (χ1) is 7.86. The SMILES string of the molecule is CCC1CSC(c2cccc(C3CC3)c2)N1. The quantitative estimate of drug-likeness (QED) is 0.854. The van der Waals surface area contributed by atoms with Crippen LogP contribution in [-0.4, -0.2) is 11.8 Å². The molecule has 3 rings (SSSR count). The van der Waals surface area contributed by atoms with Crippen LogP contribution < -0.4 is 5.32 Å². The summed E-state index contributed by atoms with van der Waals surface area (Å²) in [5, 5.41) is 4.24. The number of hydrogen-bond donors (Lipinski definition) is 1. The van der Waals surface area contributed by atoms with E-state index in [4.69, 9.17) is 0 Å². The van der Waals surface area contributed by atoms with Crippen molar-refractivity contribution in [2.75, 3.05) is 5.75 Å². The molecule has 2 fully saturated rings. The normalized spacial score (nSPS) is 29.6. The van der Waals surface area contributed by atoms with Crippen molar-refractivity contribution < 1.29 is 0 Å². The molecule has 1 aromatic carbocycles. The van der Waals surface area contributed by atoms with Crippen molar-refractivity contribution in [2.24, 2.45) is 0 Å². The van der Waals surface area contributed by atoms with Crippen LogP contribution in [0.1, 0.15) is 48.6 Å². The van der Waals surface area contributed by atoms with Gasteiger partial charge in [0.25, 0.3) is 0 Å². The summed E-state index contributed by atoms with van der Waals surface area (Å²) in [5.74, 6) is 2.13. The summed E-state index contributed by atoms with van der Waals surface area (Å²) in [7, 11) is 0. The number of rotatable bonds is 3. The Morgan fingerprint density at radius 2 is 2.12 bits per heavy atom. The standard InChI is InChI=1S/C14H19NS/c1-2-13-9-16-14(15-13)12-5-3-4-11(8-12)10-6-7-10/h3-5,8,10,13-15H,2,6-7,9H2,1H3. The van der Waals surface area contributed by atoms with Gasteiger partial charge in [0.2, 0.25) is 0 Å². The Morgan fingerprint density at radius 1 is 1.31 bits per heavy atom. The average molecular weight is 233 g/mol. The maximum Gasteiger partial charge on any atom is 0.0792 e. The van der Waals surface area contributed by atoms with Crippen LogP contribution in [0.15, 0.2) is 24.3 Å². The average Bonchev–Trinajstić information content (AvgIpc) is 3.07. The molecule has 1 saturated carbocycles. The second kappa shape index (κ2) is 4.42. The summed E-state index contributed by atoms with van der Waals surface area (Å²) in [4.78, 5) is 0. The van der Waals surface area contributed by atoms with Gasteiger partial charge in [0.1, 0.15) is 0 Å². The van der Waals surface area contributed by atoms with Crippen LogP contribution in [0.4, 0.5) is 0 Å². The number of thioether (sulfide) groups is 1. The first kappa shape index (κ1) is 10.7. The summed E-state index contributed by atoms with van der Waals surface area (Å²) in [6, 6.07) is 9.91. The van der Waals surface area contributed by atoms with E-state index in [1.165, 1.54) is 30.6 Å². The molecule has 1 aliphatic carbocycles. The largest absolute Gasteiger partial charge is 0.298 e. The molecule has 2 aliphatic rings. The van der Waals surface area contributed by atoms with Crippen LogP contribution in [0.2, 0.25) is 0 Å². The van der Waals surface area contributed by atoms with Crippen molar-refractivity contribution in [3.8, 4) is 0 Å². The van der Waals surface area contributed by atoms with Gasteiger partial charge in [-0.25, -0.2) is 0 Å². The van der Waals surface area contributed by atoms with E-state index in [0.29, 0.717) is 11.4 Å². The molecular formula is C14H19NS. The highest BCUT2D eigenvalue weighted by atomic mass is 32.2. The third kappa shape index (κ3) is 2.14. The Hall–Kier alpha value is -0.470. The summed E-state index contributed by atoms with van der Waals surface area (Å²) in [6.07, 6.45) is 4.03. The van der Waals surface area contributed by atoms with Gasteiger partial charge < -0.3 is 0 Å². The highest BCUT2D eigenvalue weighted by molar-refractivity contribution is 7.99. The molecule has 2 heteroatoms. The zero-order valence-corrected chi connectivity index (χ0v) is 10.6. The fourth-order valence-corrected chi connectivity index (χ4v) is 3.73. The monoisotopic (exact) mass is 233 g/mol. The van der Waals surface area contributed by atoms with Gasteiger partial charge in [0.05, 0.1) is 5.37 Å². The second-order valence-electron chi connectivity index (χ2n) is 4.93. The molecule has 86 valence electrons. The van der Waals surface area contributed by atoms with E-state index >= 15 is 0 Å². The summed E-state index contributed by atoms with van der Waals surface area (Å²) >= 11 is 2.06. The van der Waals surface area contributed by atoms with Gasteiger partial charge in [-0.3, -0.25) is 5.32 Å².